The maximum atomic E-state index is 13.3. The number of amides is 1. The van der Waals surface area contributed by atoms with E-state index >= 15 is 0 Å². The zero-order valence-corrected chi connectivity index (χ0v) is 20.8. The highest BCUT2D eigenvalue weighted by Gasteiger charge is 2.31. The molecule has 1 aromatic heterocycles. The number of methoxy groups -OCH3 is 2. The van der Waals surface area contributed by atoms with Crippen LogP contribution in [0.3, 0.4) is 0 Å². The zero-order chi connectivity index (χ0) is 24.0. The van der Waals surface area contributed by atoms with E-state index in [9.17, 15) is 13.2 Å². The van der Waals surface area contributed by atoms with Gasteiger partial charge in [0.05, 0.1) is 37.9 Å². The van der Waals surface area contributed by atoms with E-state index in [1.54, 1.807) is 49.2 Å². The summed E-state index contributed by atoms with van der Waals surface area (Å²) in [5, 5.41) is -0.00519. The zero-order valence-electron chi connectivity index (χ0n) is 20.0. The van der Waals surface area contributed by atoms with Crippen LogP contribution in [0.5, 0.6) is 5.75 Å². The number of imidazole rings is 1. The molecule has 182 valence electrons. The number of carbonyl (C=O) groups excluding carboxylic acids is 1. The summed E-state index contributed by atoms with van der Waals surface area (Å²) in [5.74, 6) is 0.605. The Hall–Kier alpha value is -2.39. The van der Waals surface area contributed by atoms with Crippen LogP contribution >= 0.6 is 0 Å². The van der Waals surface area contributed by atoms with E-state index in [-0.39, 0.29) is 28.8 Å². The summed E-state index contributed by atoms with van der Waals surface area (Å²) in [6.45, 7) is 4.97. The molecular weight excluding hydrogens is 442 g/mol. The largest absolute Gasteiger partial charge is 0.497 e. The van der Waals surface area contributed by atoms with Crippen molar-refractivity contribution in [2.75, 3.05) is 20.8 Å². The van der Waals surface area contributed by atoms with Crippen molar-refractivity contribution in [2.24, 2.45) is 5.92 Å². The maximum Gasteiger partial charge on any atom is 0.228 e. The fourth-order valence-electron chi connectivity index (χ4n) is 4.33. The number of benzene rings is 1. The van der Waals surface area contributed by atoms with E-state index in [4.69, 9.17) is 9.47 Å². The molecule has 1 fully saturated rings. The van der Waals surface area contributed by atoms with Crippen LogP contribution in [-0.2, 0) is 38.2 Å². The third-order valence-electron chi connectivity index (χ3n) is 6.13. The Morgan fingerprint density at radius 2 is 1.97 bits per heavy atom. The summed E-state index contributed by atoms with van der Waals surface area (Å²) in [6, 6.07) is 7.00. The topological polar surface area (TPSA) is 90.7 Å². The molecule has 1 aliphatic carbocycles. The van der Waals surface area contributed by atoms with Crippen molar-refractivity contribution in [3.63, 3.8) is 0 Å². The third kappa shape index (κ3) is 6.14. The first-order chi connectivity index (χ1) is 15.8. The molecule has 33 heavy (non-hydrogen) atoms. The van der Waals surface area contributed by atoms with Crippen molar-refractivity contribution in [2.45, 2.75) is 69.6 Å². The molecule has 1 saturated carbocycles. The van der Waals surface area contributed by atoms with Crippen LogP contribution in [0.1, 0.15) is 50.8 Å². The van der Waals surface area contributed by atoms with Crippen molar-refractivity contribution in [3.8, 4) is 5.75 Å². The molecule has 9 heteroatoms. The van der Waals surface area contributed by atoms with Crippen molar-refractivity contribution in [1.29, 1.82) is 0 Å². The van der Waals surface area contributed by atoms with E-state index in [0.717, 1.165) is 25.7 Å². The Labute approximate surface area is 196 Å². The molecule has 0 atom stereocenters. The van der Waals surface area contributed by atoms with Crippen LogP contribution in [0.4, 0.5) is 0 Å². The number of aromatic nitrogens is 2. The van der Waals surface area contributed by atoms with E-state index in [1.807, 2.05) is 18.7 Å². The molecule has 1 aliphatic rings. The summed E-state index contributed by atoms with van der Waals surface area (Å²) in [5.41, 5.74) is 1.31. The van der Waals surface area contributed by atoms with Crippen LogP contribution in [0, 0.1) is 5.92 Å². The van der Waals surface area contributed by atoms with E-state index in [1.165, 1.54) is 0 Å². The van der Waals surface area contributed by atoms with Crippen LogP contribution in [0.25, 0.3) is 0 Å². The van der Waals surface area contributed by atoms with Gasteiger partial charge in [-0.1, -0.05) is 25.0 Å². The second kappa shape index (κ2) is 11.2. The maximum absolute atomic E-state index is 13.3. The van der Waals surface area contributed by atoms with Crippen LogP contribution in [0.2, 0.25) is 0 Å². The second-order valence-electron chi connectivity index (χ2n) is 8.83. The van der Waals surface area contributed by atoms with Crippen molar-refractivity contribution in [3.05, 3.63) is 41.7 Å². The van der Waals surface area contributed by atoms with Gasteiger partial charge in [0.1, 0.15) is 5.75 Å². The van der Waals surface area contributed by atoms with Gasteiger partial charge in [-0.05, 0) is 44.4 Å². The van der Waals surface area contributed by atoms with Crippen molar-refractivity contribution >= 4 is 15.7 Å². The molecule has 0 unspecified atom stereocenters. The SMILES string of the molecule is COCCn1c(CN(C(=O)C2CCCC2)C(C)C)cnc1S(=O)(=O)Cc1cccc(OC)c1. The molecule has 0 bridgehead atoms. The van der Waals surface area contributed by atoms with Gasteiger partial charge in [-0.2, -0.15) is 0 Å². The lowest BCUT2D eigenvalue weighted by Gasteiger charge is -2.29. The lowest BCUT2D eigenvalue weighted by Crippen LogP contribution is -2.40. The molecule has 8 nitrogen and oxygen atoms in total. The number of rotatable bonds is 11. The molecule has 0 radical (unpaired) electrons. The number of hydrogen-bond donors (Lipinski definition) is 0. The average Bonchev–Trinajstić information content (AvgIpc) is 3.45. The third-order valence-corrected chi connectivity index (χ3v) is 7.73. The number of ether oxygens (including phenoxy) is 2. The number of hydrogen-bond acceptors (Lipinski definition) is 6. The van der Waals surface area contributed by atoms with E-state index < -0.39 is 9.84 Å². The monoisotopic (exact) mass is 477 g/mol. The molecule has 1 aromatic carbocycles. The summed E-state index contributed by atoms with van der Waals surface area (Å²) in [7, 11) is -0.612. The summed E-state index contributed by atoms with van der Waals surface area (Å²) >= 11 is 0. The highest BCUT2D eigenvalue weighted by molar-refractivity contribution is 7.90. The minimum atomic E-state index is -3.73. The molecule has 2 aromatic rings. The fraction of sp³-hybridized carbons (Fsp3) is 0.583. The number of nitrogens with zero attached hydrogens (tertiary/aromatic N) is 3. The Kier molecular flexibility index (Phi) is 8.53. The van der Waals surface area contributed by atoms with Gasteiger partial charge in [0, 0.05) is 25.6 Å². The first-order valence-corrected chi connectivity index (χ1v) is 13.1. The van der Waals surface area contributed by atoms with Gasteiger partial charge in [-0.25, -0.2) is 13.4 Å². The summed E-state index contributed by atoms with van der Waals surface area (Å²) < 4.78 is 38.8. The highest BCUT2D eigenvalue weighted by Crippen LogP contribution is 2.28. The van der Waals surface area contributed by atoms with Gasteiger partial charge in [0.15, 0.2) is 0 Å². The molecule has 0 spiro atoms. The molecule has 0 N–H and O–H groups in total. The molecular formula is C24H35N3O5S. The quantitative estimate of drug-likeness (QED) is 0.492. The van der Waals surface area contributed by atoms with Gasteiger partial charge < -0.3 is 18.9 Å². The molecule has 0 aliphatic heterocycles. The Morgan fingerprint density at radius 3 is 2.61 bits per heavy atom. The van der Waals surface area contributed by atoms with Gasteiger partial charge in [0.25, 0.3) is 0 Å². The Morgan fingerprint density at radius 1 is 1.24 bits per heavy atom. The smallest absolute Gasteiger partial charge is 0.228 e. The minimum Gasteiger partial charge on any atom is -0.497 e. The van der Waals surface area contributed by atoms with Crippen LogP contribution in [0.15, 0.2) is 35.6 Å². The van der Waals surface area contributed by atoms with Crippen LogP contribution < -0.4 is 4.74 Å². The van der Waals surface area contributed by atoms with Gasteiger partial charge >= 0.3 is 0 Å². The predicted molar refractivity (Wildman–Crippen MR) is 126 cm³/mol. The highest BCUT2D eigenvalue weighted by atomic mass is 32.2. The van der Waals surface area contributed by atoms with Gasteiger partial charge in [-0.15, -0.1) is 0 Å². The second-order valence-corrected chi connectivity index (χ2v) is 10.7. The standard InChI is InChI=1S/C24H35N3O5S/c1-18(2)27(23(28)20-9-5-6-10-20)16-21-15-25-24(26(21)12-13-31-3)33(29,30)17-19-8-7-11-22(14-19)32-4/h7-8,11,14-15,18,20H,5-6,9-10,12-13,16-17H2,1-4H3. The molecule has 1 heterocycles. The van der Waals surface area contributed by atoms with E-state index in [2.05, 4.69) is 4.98 Å². The predicted octanol–water partition coefficient (Wildman–Crippen LogP) is 3.44. The summed E-state index contributed by atoms with van der Waals surface area (Å²) in [4.78, 5) is 19.3. The molecule has 3 rings (SSSR count). The normalized spacial score (nSPS) is 14.7. The fourth-order valence-corrected chi connectivity index (χ4v) is 5.84. The number of sulfone groups is 1. The van der Waals surface area contributed by atoms with Gasteiger partial charge in [0.2, 0.25) is 20.9 Å². The first kappa shape index (κ1) is 25.2. The van der Waals surface area contributed by atoms with E-state index in [0.29, 0.717) is 36.7 Å². The Bertz CT molecular complexity index is 1040. The average molecular weight is 478 g/mol. The number of carbonyl (C=O) groups is 1. The van der Waals surface area contributed by atoms with Gasteiger partial charge in [-0.3, -0.25) is 4.79 Å². The molecule has 1 amide bonds. The Balaban J connectivity index is 1.90. The molecule has 0 saturated heterocycles. The van der Waals surface area contributed by atoms with Crippen LogP contribution in [-0.4, -0.2) is 55.6 Å². The lowest BCUT2D eigenvalue weighted by atomic mass is 10.1. The lowest BCUT2D eigenvalue weighted by molar-refractivity contribution is -0.137. The minimum absolute atomic E-state index is 0.000663. The summed E-state index contributed by atoms with van der Waals surface area (Å²) in [6.07, 6.45) is 5.59. The van der Waals surface area contributed by atoms with Crippen molar-refractivity contribution in [1.82, 2.24) is 14.5 Å². The van der Waals surface area contributed by atoms with Crippen molar-refractivity contribution < 1.29 is 22.7 Å². The first-order valence-electron chi connectivity index (χ1n) is 11.5.